The number of aromatic nitrogens is 3. The van der Waals surface area contributed by atoms with Crippen LogP contribution in [0.3, 0.4) is 0 Å². The van der Waals surface area contributed by atoms with E-state index in [4.69, 9.17) is 10.1 Å². The van der Waals surface area contributed by atoms with Gasteiger partial charge in [-0.1, -0.05) is 13.0 Å². The Balaban J connectivity index is 1.75. The van der Waals surface area contributed by atoms with E-state index in [9.17, 15) is 14.4 Å². The van der Waals surface area contributed by atoms with E-state index in [-0.39, 0.29) is 34.4 Å². The number of carbonyl (C=O) groups excluding carboxylic acids is 2. The van der Waals surface area contributed by atoms with E-state index in [1.165, 1.54) is 10.5 Å². The second-order valence-corrected chi connectivity index (χ2v) is 7.96. The molecule has 1 N–H and O–H groups in total. The van der Waals surface area contributed by atoms with Gasteiger partial charge in [0, 0.05) is 25.8 Å². The highest BCUT2D eigenvalue weighted by Crippen LogP contribution is 2.20. The van der Waals surface area contributed by atoms with Gasteiger partial charge in [0.15, 0.2) is 0 Å². The minimum Gasteiger partial charge on any atom is -0.466 e. The van der Waals surface area contributed by atoms with Gasteiger partial charge in [0.05, 0.1) is 23.5 Å². The van der Waals surface area contributed by atoms with Crippen LogP contribution in [0.5, 0.6) is 0 Å². The van der Waals surface area contributed by atoms with Gasteiger partial charge in [-0.2, -0.15) is 0 Å². The summed E-state index contributed by atoms with van der Waals surface area (Å²) < 4.78 is 8.19. The molecule has 0 aromatic carbocycles. The van der Waals surface area contributed by atoms with Crippen molar-refractivity contribution in [1.29, 1.82) is 5.41 Å². The van der Waals surface area contributed by atoms with Gasteiger partial charge in [-0.25, -0.2) is 4.98 Å². The van der Waals surface area contributed by atoms with Crippen molar-refractivity contribution in [2.45, 2.75) is 39.7 Å². The second kappa shape index (κ2) is 8.94. The predicted molar refractivity (Wildman–Crippen MR) is 118 cm³/mol. The summed E-state index contributed by atoms with van der Waals surface area (Å²) in [6.07, 6.45) is 3.42. The van der Waals surface area contributed by atoms with Gasteiger partial charge in [0.2, 0.25) is 0 Å². The number of pyridine rings is 2. The summed E-state index contributed by atoms with van der Waals surface area (Å²) in [6.45, 7) is 5.37. The number of likely N-dealkylation sites (tertiary alicyclic amines) is 1. The lowest BCUT2D eigenvalue weighted by Gasteiger charge is -2.31. The molecule has 1 aliphatic heterocycles. The predicted octanol–water partition coefficient (Wildman–Crippen LogP) is 1.95. The molecule has 1 aliphatic rings. The lowest BCUT2D eigenvalue weighted by atomic mass is 9.96. The van der Waals surface area contributed by atoms with Crippen molar-refractivity contribution in [3.05, 3.63) is 51.9 Å². The Morgan fingerprint density at radius 1 is 1.22 bits per heavy atom. The molecule has 0 unspecified atom stereocenters. The first-order valence-corrected chi connectivity index (χ1v) is 11.0. The molecule has 0 saturated carbocycles. The highest BCUT2D eigenvalue weighted by molar-refractivity contribution is 5.97. The third-order valence-electron chi connectivity index (χ3n) is 5.90. The van der Waals surface area contributed by atoms with Gasteiger partial charge in [0.25, 0.3) is 11.5 Å². The molecule has 0 spiro atoms. The number of carbonyl (C=O) groups is 2. The number of fused-ring (bicyclic) bond motifs is 2. The van der Waals surface area contributed by atoms with Gasteiger partial charge in [0.1, 0.15) is 16.8 Å². The molecule has 0 atom stereocenters. The third-order valence-corrected chi connectivity index (χ3v) is 5.90. The van der Waals surface area contributed by atoms with Crippen LogP contribution in [0.2, 0.25) is 0 Å². The fraction of sp³-hybridized carbons (Fsp3) is 0.435. The van der Waals surface area contributed by atoms with E-state index >= 15 is 0 Å². The molecule has 1 amide bonds. The number of nitrogens with one attached hydrogen (secondary N) is 1. The van der Waals surface area contributed by atoms with Crippen molar-refractivity contribution < 1.29 is 14.3 Å². The van der Waals surface area contributed by atoms with Crippen molar-refractivity contribution in [3.63, 3.8) is 0 Å². The van der Waals surface area contributed by atoms with Crippen LogP contribution in [-0.4, -0.2) is 50.4 Å². The second-order valence-electron chi connectivity index (χ2n) is 7.96. The molecule has 0 radical (unpaired) electrons. The normalized spacial score (nSPS) is 14.8. The molecule has 1 fully saturated rings. The number of nitrogens with zero attached hydrogens (tertiary/aromatic N) is 4. The van der Waals surface area contributed by atoms with Crippen molar-refractivity contribution in [3.8, 4) is 0 Å². The molecular weight excluding hydrogens is 410 g/mol. The van der Waals surface area contributed by atoms with Crippen LogP contribution in [0.15, 0.2) is 35.3 Å². The summed E-state index contributed by atoms with van der Waals surface area (Å²) >= 11 is 0. The first-order chi connectivity index (χ1) is 15.5. The van der Waals surface area contributed by atoms with E-state index in [1.807, 2.05) is 6.92 Å². The van der Waals surface area contributed by atoms with Crippen molar-refractivity contribution >= 4 is 28.6 Å². The zero-order valence-electron chi connectivity index (χ0n) is 18.3. The van der Waals surface area contributed by atoms with Crippen LogP contribution in [0, 0.1) is 11.3 Å². The fourth-order valence-electron chi connectivity index (χ4n) is 4.24. The molecule has 3 aromatic heterocycles. The van der Waals surface area contributed by atoms with E-state index in [1.54, 1.807) is 40.8 Å². The van der Waals surface area contributed by atoms with Crippen molar-refractivity contribution in [2.75, 3.05) is 19.7 Å². The van der Waals surface area contributed by atoms with Gasteiger partial charge < -0.3 is 14.2 Å². The topological polar surface area (TPSA) is 110 Å². The molecular formula is C23H27N5O4. The first-order valence-electron chi connectivity index (χ1n) is 11.0. The summed E-state index contributed by atoms with van der Waals surface area (Å²) in [5.41, 5.74) is 0.852. The van der Waals surface area contributed by atoms with Gasteiger partial charge >= 0.3 is 5.97 Å². The molecule has 3 aromatic rings. The number of esters is 1. The molecule has 9 nitrogen and oxygen atoms in total. The average molecular weight is 438 g/mol. The summed E-state index contributed by atoms with van der Waals surface area (Å²) in [7, 11) is 0. The van der Waals surface area contributed by atoms with Crippen LogP contribution < -0.4 is 11.0 Å². The Morgan fingerprint density at radius 3 is 2.66 bits per heavy atom. The molecule has 9 heteroatoms. The maximum Gasteiger partial charge on any atom is 0.309 e. The highest BCUT2D eigenvalue weighted by atomic mass is 16.5. The van der Waals surface area contributed by atoms with E-state index < -0.39 is 0 Å². The summed E-state index contributed by atoms with van der Waals surface area (Å²) in [5, 5.41) is 9.02. The maximum absolute atomic E-state index is 13.3. The lowest BCUT2D eigenvalue weighted by molar-refractivity contribution is -0.149. The Kier molecular flexibility index (Phi) is 6.07. The van der Waals surface area contributed by atoms with Gasteiger partial charge in [-0.3, -0.25) is 24.2 Å². The molecule has 0 aliphatic carbocycles. The molecule has 0 bridgehead atoms. The van der Waals surface area contributed by atoms with Crippen LogP contribution in [0.1, 0.15) is 43.5 Å². The van der Waals surface area contributed by atoms with Crippen LogP contribution in [0.25, 0.3) is 16.7 Å². The summed E-state index contributed by atoms with van der Waals surface area (Å²) in [5.74, 6) is -0.740. The standard InChI is InChI=1S/C23H27N5O4/c1-3-10-28-19(24)16(21(29)26-12-8-15(9-13-26)23(31)32-4-2)14-17-20(28)25-18-7-5-6-11-27(18)22(17)30/h5-7,11,14-15,24H,3-4,8-10,12-13H2,1-2H3. The number of hydrogen-bond acceptors (Lipinski definition) is 6. The Morgan fingerprint density at radius 2 is 1.97 bits per heavy atom. The SMILES string of the molecule is CCCn1c(=N)c(C(=O)N2CCC(C(=O)OCC)CC2)cc2c(=O)n3ccccc3nc21. The number of ether oxygens (including phenoxy) is 1. The third kappa shape index (κ3) is 3.79. The van der Waals surface area contributed by atoms with Crippen LogP contribution in [0.4, 0.5) is 0 Å². The first kappa shape index (κ1) is 21.7. The van der Waals surface area contributed by atoms with Crippen LogP contribution in [-0.2, 0) is 16.1 Å². The zero-order valence-corrected chi connectivity index (χ0v) is 18.3. The number of piperidine rings is 1. The maximum atomic E-state index is 13.3. The zero-order chi connectivity index (χ0) is 22.8. The molecule has 1 saturated heterocycles. The van der Waals surface area contributed by atoms with Crippen LogP contribution >= 0.6 is 0 Å². The smallest absolute Gasteiger partial charge is 0.309 e. The lowest BCUT2D eigenvalue weighted by Crippen LogP contribution is -2.43. The van der Waals surface area contributed by atoms with Gasteiger partial charge in [-0.15, -0.1) is 0 Å². The fourth-order valence-corrected chi connectivity index (χ4v) is 4.24. The number of amides is 1. The summed E-state index contributed by atoms with van der Waals surface area (Å²) in [6, 6.07) is 6.80. The minimum atomic E-state index is -0.304. The van der Waals surface area contributed by atoms with Gasteiger partial charge in [-0.05, 0) is 44.4 Å². The van der Waals surface area contributed by atoms with E-state index in [0.717, 1.165) is 6.42 Å². The number of rotatable bonds is 5. The number of aryl methyl sites for hydroxylation is 1. The Hall–Kier alpha value is -3.49. The van der Waals surface area contributed by atoms with E-state index in [0.29, 0.717) is 55.8 Å². The largest absolute Gasteiger partial charge is 0.466 e. The Labute approximate surface area is 184 Å². The average Bonchev–Trinajstić information content (AvgIpc) is 2.81. The summed E-state index contributed by atoms with van der Waals surface area (Å²) in [4.78, 5) is 44.8. The highest BCUT2D eigenvalue weighted by Gasteiger charge is 2.30. The Bertz CT molecular complexity index is 1300. The van der Waals surface area contributed by atoms with Crippen molar-refractivity contribution in [2.24, 2.45) is 5.92 Å². The quantitative estimate of drug-likeness (QED) is 0.485. The molecule has 32 heavy (non-hydrogen) atoms. The minimum absolute atomic E-state index is 0.0454. The monoisotopic (exact) mass is 437 g/mol. The molecule has 4 heterocycles. The number of hydrogen-bond donors (Lipinski definition) is 1. The molecule has 168 valence electrons. The molecule has 4 rings (SSSR count). The van der Waals surface area contributed by atoms with E-state index in [2.05, 4.69) is 4.98 Å². The van der Waals surface area contributed by atoms with Crippen molar-refractivity contribution in [1.82, 2.24) is 18.9 Å².